The van der Waals surface area contributed by atoms with Gasteiger partial charge in [0.2, 0.25) is 0 Å². The predicted molar refractivity (Wildman–Crippen MR) is 90.5 cm³/mol. The third-order valence-corrected chi connectivity index (χ3v) is 3.71. The minimum atomic E-state index is -0.672. The van der Waals surface area contributed by atoms with Gasteiger partial charge in [-0.2, -0.15) is 0 Å². The monoisotopic (exact) mass is 333 g/mol. The average molecular weight is 334 g/mol. The van der Waals surface area contributed by atoms with Crippen LogP contribution in [0.2, 0.25) is 5.02 Å². The van der Waals surface area contributed by atoms with Crippen molar-refractivity contribution in [3.63, 3.8) is 0 Å². The topological polar surface area (TPSA) is 47.6 Å². The van der Waals surface area contributed by atoms with Crippen LogP contribution in [0.1, 0.15) is 19.4 Å². The zero-order valence-electron chi connectivity index (χ0n) is 13.2. The van der Waals surface area contributed by atoms with E-state index in [0.29, 0.717) is 17.4 Å². The molecule has 0 unspecified atom stereocenters. The molecule has 0 aliphatic rings. The summed E-state index contributed by atoms with van der Waals surface area (Å²) >= 11 is 5.87. The van der Waals surface area contributed by atoms with Crippen LogP contribution in [-0.2, 0) is 15.0 Å². The van der Waals surface area contributed by atoms with Gasteiger partial charge in [-0.05, 0) is 37.6 Å². The zero-order chi connectivity index (χ0) is 16.7. The molecule has 0 fully saturated rings. The van der Waals surface area contributed by atoms with Crippen molar-refractivity contribution in [2.45, 2.75) is 19.3 Å². The first-order valence-electron chi connectivity index (χ1n) is 7.36. The number of carbonyl (C=O) groups excluding carboxylic acids is 1. The van der Waals surface area contributed by atoms with Crippen LogP contribution in [0.25, 0.3) is 0 Å². The van der Waals surface area contributed by atoms with E-state index in [-0.39, 0.29) is 12.5 Å². The Bertz CT molecular complexity index is 644. The molecule has 1 N–H and O–H groups in total. The fourth-order valence-corrected chi connectivity index (χ4v) is 2.17. The first-order valence-corrected chi connectivity index (χ1v) is 7.74. The summed E-state index contributed by atoms with van der Waals surface area (Å²) in [5.74, 6) is 0.462. The maximum absolute atomic E-state index is 12.2. The van der Waals surface area contributed by atoms with Gasteiger partial charge in [0.1, 0.15) is 19.0 Å². The summed E-state index contributed by atoms with van der Waals surface area (Å²) < 4.78 is 5.48. The lowest BCUT2D eigenvalue weighted by molar-refractivity contribution is -0.139. The second kappa shape index (κ2) is 7.99. The van der Waals surface area contributed by atoms with E-state index in [1.54, 1.807) is 12.1 Å². The summed E-state index contributed by atoms with van der Waals surface area (Å²) in [6.45, 7) is 4.25. The van der Waals surface area contributed by atoms with Gasteiger partial charge in [0.05, 0.1) is 5.41 Å². The number of halogens is 1. The Morgan fingerprint density at radius 1 is 1.09 bits per heavy atom. The van der Waals surface area contributed by atoms with E-state index in [2.05, 4.69) is 5.48 Å². The summed E-state index contributed by atoms with van der Waals surface area (Å²) in [7, 11) is 0. The normalized spacial score (nSPS) is 11.1. The second-order valence-electron chi connectivity index (χ2n) is 5.58. The Balaban J connectivity index is 1.74. The third kappa shape index (κ3) is 4.98. The molecule has 5 heteroatoms. The van der Waals surface area contributed by atoms with Gasteiger partial charge in [-0.3, -0.25) is 9.63 Å². The van der Waals surface area contributed by atoms with Crippen molar-refractivity contribution in [1.29, 1.82) is 0 Å². The lowest BCUT2D eigenvalue weighted by Crippen LogP contribution is -2.40. The van der Waals surface area contributed by atoms with Crippen LogP contribution in [0.5, 0.6) is 5.75 Å². The van der Waals surface area contributed by atoms with Gasteiger partial charge in [0.25, 0.3) is 5.91 Å². The van der Waals surface area contributed by atoms with E-state index >= 15 is 0 Å². The standard InChI is InChI=1S/C18H20ClNO3/c1-18(2,14-7-4-3-5-8-14)17(21)20-23-12-11-22-16-10-6-9-15(19)13-16/h3-10,13H,11-12H2,1-2H3,(H,20,21). The van der Waals surface area contributed by atoms with E-state index < -0.39 is 5.41 Å². The van der Waals surface area contributed by atoms with Crippen LogP contribution < -0.4 is 10.2 Å². The molecule has 0 heterocycles. The molecule has 0 atom stereocenters. The summed E-state index contributed by atoms with van der Waals surface area (Å²) in [4.78, 5) is 17.4. The highest BCUT2D eigenvalue weighted by Crippen LogP contribution is 2.22. The first-order chi connectivity index (χ1) is 11.0. The molecule has 0 saturated carbocycles. The largest absolute Gasteiger partial charge is 0.491 e. The highest BCUT2D eigenvalue weighted by Gasteiger charge is 2.29. The van der Waals surface area contributed by atoms with E-state index in [1.807, 2.05) is 56.3 Å². The smallest absolute Gasteiger partial charge is 0.253 e. The highest BCUT2D eigenvalue weighted by molar-refractivity contribution is 6.30. The fraction of sp³-hybridized carbons (Fsp3) is 0.278. The van der Waals surface area contributed by atoms with Crippen LogP contribution in [0.15, 0.2) is 54.6 Å². The molecule has 0 bridgehead atoms. The Kier molecular flexibility index (Phi) is 6.02. The predicted octanol–water partition coefficient (Wildman–Crippen LogP) is 3.74. The number of hydrogen-bond donors (Lipinski definition) is 1. The van der Waals surface area contributed by atoms with Crippen LogP contribution in [0.4, 0.5) is 0 Å². The van der Waals surface area contributed by atoms with Gasteiger partial charge in [-0.1, -0.05) is 48.0 Å². The van der Waals surface area contributed by atoms with Gasteiger partial charge in [-0.15, -0.1) is 0 Å². The summed E-state index contributed by atoms with van der Waals surface area (Å²) in [6.07, 6.45) is 0. The quantitative estimate of drug-likeness (QED) is 0.620. The van der Waals surface area contributed by atoms with E-state index in [1.165, 1.54) is 0 Å². The lowest BCUT2D eigenvalue weighted by atomic mass is 9.84. The van der Waals surface area contributed by atoms with E-state index in [4.69, 9.17) is 21.2 Å². The molecular weight excluding hydrogens is 314 g/mol. The number of benzene rings is 2. The molecule has 2 aromatic rings. The van der Waals surface area contributed by atoms with Gasteiger partial charge >= 0.3 is 0 Å². The number of nitrogens with one attached hydrogen (secondary N) is 1. The lowest BCUT2D eigenvalue weighted by Gasteiger charge is -2.23. The van der Waals surface area contributed by atoms with E-state index in [0.717, 1.165) is 5.56 Å². The van der Waals surface area contributed by atoms with Gasteiger partial charge in [0, 0.05) is 5.02 Å². The number of rotatable bonds is 7. The molecule has 1 amide bonds. The number of amides is 1. The molecular formula is C18H20ClNO3. The fourth-order valence-electron chi connectivity index (χ4n) is 1.99. The molecule has 4 nitrogen and oxygen atoms in total. The van der Waals surface area contributed by atoms with Gasteiger partial charge < -0.3 is 4.74 Å². The van der Waals surface area contributed by atoms with Crippen LogP contribution in [-0.4, -0.2) is 19.1 Å². The van der Waals surface area contributed by atoms with Crippen molar-refractivity contribution in [2.24, 2.45) is 0 Å². The van der Waals surface area contributed by atoms with Crippen LogP contribution in [0.3, 0.4) is 0 Å². The average Bonchev–Trinajstić information content (AvgIpc) is 2.55. The number of ether oxygens (including phenoxy) is 1. The molecule has 0 radical (unpaired) electrons. The Morgan fingerprint density at radius 2 is 1.83 bits per heavy atom. The van der Waals surface area contributed by atoms with Crippen LogP contribution in [0, 0.1) is 0 Å². The molecule has 0 aliphatic heterocycles. The molecule has 2 aromatic carbocycles. The van der Waals surface area contributed by atoms with Crippen molar-refractivity contribution in [3.05, 3.63) is 65.2 Å². The Morgan fingerprint density at radius 3 is 2.52 bits per heavy atom. The van der Waals surface area contributed by atoms with Crippen molar-refractivity contribution in [1.82, 2.24) is 5.48 Å². The van der Waals surface area contributed by atoms with Crippen LogP contribution >= 0.6 is 11.6 Å². The maximum Gasteiger partial charge on any atom is 0.253 e. The Labute approximate surface area is 141 Å². The summed E-state index contributed by atoms with van der Waals surface area (Å²) in [5.41, 5.74) is 2.73. The molecule has 0 spiro atoms. The minimum absolute atomic E-state index is 0.202. The van der Waals surface area contributed by atoms with Crippen molar-refractivity contribution in [2.75, 3.05) is 13.2 Å². The minimum Gasteiger partial charge on any atom is -0.491 e. The number of carbonyl (C=O) groups is 1. The second-order valence-corrected chi connectivity index (χ2v) is 6.01. The maximum atomic E-state index is 12.2. The number of hydrogen-bond acceptors (Lipinski definition) is 3. The van der Waals surface area contributed by atoms with Crippen molar-refractivity contribution >= 4 is 17.5 Å². The molecule has 122 valence electrons. The summed E-state index contributed by atoms with van der Waals surface area (Å²) in [5, 5.41) is 0.612. The van der Waals surface area contributed by atoms with Gasteiger partial charge in [-0.25, -0.2) is 5.48 Å². The number of hydroxylamine groups is 1. The van der Waals surface area contributed by atoms with Crippen molar-refractivity contribution < 1.29 is 14.4 Å². The van der Waals surface area contributed by atoms with E-state index in [9.17, 15) is 4.79 Å². The molecule has 0 aliphatic carbocycles. The highest BCUT2D eigenvalue weighted by atomic mass is 35.5. The third-order valence-electron chi connectivity index (χ3n) is 3.48. The molecule has 0 saturated heterocycles. The van der Waals surface area contributed by atoms with Gasteiger partial charge in [0.15, 0.2) is 0 Å². The first kappa shape index (κ1) is 17.3. The SMILES string of the molecule is CC(C)(C(=O)NOCCOc1cccc(Cl)c1)c1ccccc1. The molecule has 2 rings (SSSR count). The molecule has 0 aromatic heterocycles. The van der Waals surface area contributed by atoms with Crippen molar-refractivity contribution in [3.8, 4) is 5.75 Å². The Hall–Kier alpha value is -2.04. The molecule has 23 heavy (non-hydrogen) atoms. The summed E-state index contributed by atoms with van der Waals surface area (Å²) in [6, 6.07) is 16.7. The zero-order valence-corrected chi connectivity index (χ0v) is 14.0.